The Morgan fingerprint density at radius 2 is 1.66 bits per heavy atom. The van der Waals surface area contributed by atoms with Crippen molar-refractivity contribution in [1.82, 2.24) is 9.88 Å². The molecular formula is C25H22N4O3. The van der Waals surface area contributed by atoms with E-state index in [9.17, 15) is 14.4 Å². The van der Waals surface area contributed by atoms with Crippen LogP contribution in [0.5, 0.6) is 0 Å². The second kappa shape index (κ2) is 9.26. The molecule has 1 aliphatic rings. The second-order valence-electron chi connectivity index (χ2n) is 7.41. The van der Waals surface area contributed by atoms with Crippen LogP contribution in [0.4, 0.5) is 11.4 Å². The Balaban J connectivity index is 1.46. The van der Waals surface area contributed by atoms with E-state index in [1.54, 1.807) is 59.9 Å². The van der Waals surface area contributed by atoms with Gasteiger partial charge in [0.2, 0.25) is 11.8 Å². The smallest absolute Gasteiger partial charge is 0.255 e. The van der Waals surface area contributed by atoms with Gasteiger partial charge in [-0.25, -0.2) is 0 Å². The Morgan fingerprint density at radius 3 is 2.41 bits per heavy atom. The van der Waals surface area contributed by atoms with Crippen molar-refractivity contribution in [2.45, 2.75) is 19.4 Å². The number of amides is 3. The largest absolute Gasteiger partial charge is 0.326 e. The average molecular weight is 426 g/mol. The van der Waals surface area contributed by atoms with Crippen LogP contribution in [0, 0.1) is 0 Å². The first-order valence-corrected chi connectivity index (χ1v) is 10.2. The van der Waals surface area contributed by atoms with Gasteiger partial charge in [-0.15, -0.1) is 0 Å². The number of pyridine rings is 1. The molecule has 0 aliphatic carbocycles. The molecule has 0 spiro atoms. The van der Waals surface area contributed by atoms with Crippen LogP contribution in [0.1, 0.15) is 40.9 Å². The van der Waals surface area contributed by atoms with E-state index in [2.05, 4.69) is 15.6 Å². The van der Waals surface area contributed by atoms with Gasteiger partial charge in [-0.2, -0.15) is 0 Å². The quantitative estimate of drug-likeness (QED) is 0.639. The van der Waals surface area contributed by atoms with Crippen molar-refractivity contribution < 1.29 is 14.4 Å². The predicted octanol–water partition coefficient (Wildman–Crippen LogP) is 4.24. The highest BCUT2D eigenvalue weighted by Gasteiger charge is 2.28. The summed E-state index contributed by atoms with van der Waals surface area (Å²) < 4.78 is 0. The summed E-state index contributed by atoms with van der Waals surface area (Å²) in [6.07, 6.45) is 6.80. The molecule has 32 heavy (non-hydrogen) atoms. The molecular weight excluding hydrogens is 404 g/mol. The van der Waals surface area contributed by atoms with E-state index in [-0.39, 0.29) is 30.2 Å². The lowest BCUT2D eigenvalue weighted by molar-refractivity contribution is -0.129. The standard InChI is InChI=1S/C25H22N4O3/c1-17(30)29-14-11-18-5-2-3-8-22(18)23(29)16-24(31)27-20-6-4-7-21(15-20)28-25(32)19-9-12-26-13-10-19/h2-15,23H,16H2,1H3,(H,27,31)(H,28,32)/t23-/m0/s1. The Morgan fingerprint density at radius 1 is 0.938 bits per heavy atom. The van der Waals surface area contributed by atoms with Gasteiger partial charge in [0.05, 0.1) is 12.5 Å². The van der Waals surface area contributed by atoms with Crippen molar-refractivity contribution in [2.24, 2.45) is 0 Å². The summed E-state index contributed by atoms with van der Waals surface area (Å²) in [5, 5.41) is 5.68. The summed E-state index contributed by atoms with van der Waals surface area (Å²) in [4.78, 5) is 42.8. The lowest BCUT2D eigenvalue weighted by Gasteiger charge is -2.32. The average Bonchev–Trinajstić information content (AvgIpc) is 2.80. The van der Waals surface area contributed by atoms with Crippen LogP contribution < -0.4 is 10.6 Å². The number of fused-ring (bicyclic) bond motifs is 1. The Kier molecular flexibility index (Phi) is 6.07. The highest BCUT2D eigenvalue weighted by molar-refractivity contribution is 6.04. The number of hydrogen-bond donors (Lipinski definition) is 2. The van der Waals surface area contributed by atoms with Crippen molar-refractivity contribution in [3.05, 3.63) is 95.9 Å². The zero-order valence-corrected chi connectivity index (χ0v) is 17.5. The molecule has 2 aromatic carbocycles. The van der Waals surface area contributed by atoms with Crippen LogP contribution in [0.3, 0.4) is 0 Å². The monoisotopic (exact) mass is 426 g/mol. The second-order valence-corrected chi connectivity index (χ2v) is 7.41. The van der Waals surface area contributed by atoms with E-state index in [0.717, 1.165) is 11.1 Å². The maximum Gasteiger partial charge on any atom is 0.255 e. The predicted molar refractivity (Wildman–Crippen MR) is 123 cm³/mol. The number of anilines is 2. The van der Waals surface area contributed by atoms with Gasteiger partial charge in [-0.05, 0) is 47.5 Å². The van der Waals surface area contributed by atoms with Gasteiger partial charge in [0, 0.05) is 42.5 Å². The fourth-order valence-corrected chi connectivity index (χ4v) is 3.68. The van der Waals surface area contributed by atoms with Gasteiger partial charge in [-0.1, -0.05) is 30.3 Å². The normalized spacial score (nSPS) is 14.4. The third-order valence-electron chi connectivity index (χ3n) is 5.19. The molecule has 1 aliphatic heterocycles. The molecule has 0 saturated carbocycles. The summed E-state index contributed by atoms with van der Waals surface area (Å²) in [5.74, 6) is -0.628. The molecule has 0 fully saturated rings. The van der Waals surface area contributed by atoms with E-state index in [1.165, 1.54) is 6.92 Å². The summed E-state index contributed by atoms with van der Waals surface area (Å²) in [5.41, 5.74) is 3.52. The van der Waals surface area contributed by atoms with Gasteiger partial charge < -0.3 is 15.5 Å². The molecule has 4 rings (SSSR count). The number of benzene rings is 2. The molecule has 0 saturated heterocycles. The first kappa shape index (κ1) is 21.0. The van der Waals surface area contributed by atoms with Gasteiger partial charge in [0.25, 0.3) is 5.91 Å². The van der Waals surface area contributed by atoms with Gasteiger partial charge in [-0.3, -0.25) is 19.4 Å². The molecule has 1 aromatic heterocycles. The summed E-state index contributed by atoms with van der Waals surface area (Å²) in [6, 6.07) is 17.5. The van der Waals surface area contributed by atoms with E-state index in [4.69, 9.17) is 0 Å². The molecule has 3 aromatic rings. The minimum atomic E-state index is -0.386. The molecule has 160 valence electrons. The number of nitrogens with zero attached hydrogens (tertiary/aromatic N) is 2. The molecule has 2 N–H and O–H groups in total. The number of carbonyl (C=O) groups excluding carboxylic acids is 3. The van der Waals surface area contributed by atoms with E-state index in [1.807, 2.05) is 30.3 Å². The molecule has 2 heterocycles. The lowest BCUT2D eigenvalue weighted by Crippen LogP contribution is -2.33. The molecule has 0 unspecified atom stereocenters. The van der Waals surface area contributed by atoms with Crippen LogP contribution >= 0.6 is 0 Å². The number of hydrogen-bond acceptors (Lipinski definition) is 4. The zero-order chi connectivity index (χ0) is 22.5. The van der Waals surface area contributed by atoms with Crippen molar-refractivity contribution in [1.29, 1.82) is 0 Å². The highest BCUT2D eigenvalue weighted by Crippen LogP contribution is 2.33. The summed E-state index contributed by atoms with van der Waals surface area (Å²) in [7, 11) is 0. The van der Waals surface area contributed by atoms with Gasteiger partial charge in [0.1, 0.15) is 0 Å². The van der Waals surface area contributed by atoms with Crippen molar-refractivity contribution in [3.8, 4) is 0 Å². The van der Waals surface area contributed by atoms with Crippen LogP contribution in [0.2, 0.25) is 0 Å². The molecule has 3 amide bonds. The highest BCUT2D eigenvalue weighted by atomic mass is 16.2. The molecule has 1 atom stereocenters. The Bertz CT molecular complexity index is 1190. The third kappa shape index (κ3) is 4.73. The fourth-order valence-electron chi connectivity index (χ4n) is 3.68. The molecule has 7 heteroatoms. The van der Waals surface area contributed by atoms with Crippen LogP contribution in [0.25, 0.3) is 6.08 Å². The van der Waals surface area contributed by atoms with Crippen molar-refractivity contribution in [2.75, 3.05) is 10.6 Å². The minimum absolute atomic E-state index is 0.106. The molecule has 0 radical (unpaired) electrons. The maximum atomic E-state index is 12.8. The van der Waals surface area contributed by atoms with Gasteiger partial charge in [0.15, 0.2) is 0 Å². The Hall–Kier alpha value is -4.26. The summed E-state index contributed by atoms with van der Waals surface area (Å²) in [6.45, 7) is 1.48. The van der Waals surface area contributed by atoms with Crippen molar-refractivity contribution in [3.63, 3.8) is 0 Å². The number of carbonyl (C=O) groups is 3. The van der Waals surface area contributed by atoms with Crippen molar-refractivity contribution >= 4 is 35.2 Å². The number of nitrogens with one attached hydrogen (secondary N) is 2. The van der Waals surface area contributed by atoms with Crippen LogP contribution in [-0.4, -0.2) is 27.6 Å². The topological polar surface area (TPSA) is 91.4 Å². The third-order valence-corrected chi connectivity index (χ3v) is 5.19. The van der Waals surface area contributed by atoms with Crippen LogP contribution in [-0.2, 0) is 9.59 Å². The minimum Gasteiger partial charge on any atom is -0.326 e. The van der Waals surface area contributed by atoms with E-state index in [0.29, 0.717) is 16.9 Å². The van der Waals surface area contributed by atoms with E-state index < -0.39 is 0 Å². The lowest BCUT2D eigenvalue weighted by atomic mass is 9.93. The van der Waals surface area contributed by atoms with Crippen LogP contribution in [0.15, 0.2) is 79.3 Å². The summed E-state index contributed by atoms with van der Waals surface area (Å²) >= 11 is 0. The number of aromatic nitrogens is 1. The molecule has 0 bridgehead atoms. The number of rotatable bonds is 5. The maximum absolute atomic E-state index is 12.8. The zero-order valence-electron chi connectivity index (χ0n) is 17.5. The fraction of sp³-hybridized carbons (Fsp3) is 0.120. The first-order valence-electron chi connectivity index (χ1n) is 10.2. The molecule has 7 nitrogen and oxygen atoms in total. The van der Waals surface area contributed by atoms with Gasteiger partial charge >= 0.3 is 0 Å². The SMILES string of the molecule is CC(=O)N1C=Cc2ccccc2[C@@H]1CC(=O)Nc1cccc(NC(=O)c2ccncc2)c1. The van der Waals surface area contributed by atoms with E-state index >= 15 is 0 Å². The Labute approximate surface area is 185 Å². The first-order chi connectivity index (χ1) is 15.5.